The number of methoxy groups -OCH3 is 1. The van der Waals surface area contributed by atoms with Crippen molar-refractivity contribution in [2.75, 3.05) is 30.4 Å². The summed E-state index contributed by atoms with van der Waals surface area (Å²) < 4.78 is 12.1. The summed E-state index contributed by atoms with van der Waals surface area (Å²) in [4.78, 5) is 19.2. The Morgan fingerprint density at radius 3 is 2.49 bits per heavy atom. The van der Waals surface area contributed by atoms with E-state index in [2.05, 4.69) is 40.8 Å². The molecule has 0 radical (unpaired) electrons. The molecule has 1 aliphatic heterocycles. The van der Waals surface area contributed by atoms with Gasteiger partial charge >= 0.3 is 0 Å². The van der Waals surface area contributed by atoms with Gasteiger partial charge in [-0.1, -0.05) is 43.5 Å². The number of benzene rings is 2. The first-order valence-corrected chi connectivity index (χ1v) is 14.5. The van der Waals surface area contributed by atoms with Crippen LogP contribution in [0, 0.1) is 0 Å². The number of allylic oxidation sites excluding steroid dienone is 4. The topological polar surface area (TPSA) is 102 Å². The van der Waals surface area contributed by atoms with Gasteiger partial charge in [-0.15, -0.1) is 0 Å². The molecule has 2 heterocycles. The van der Waals surface area contributed by atoms with Crippen LogP contribution in [0.3, 0.4) is 0 Å². The van der Waals surface area contributed by atoms with Crippen LogP contribution < -0.4 is 30.7 Å². The van der Waals surface area contributed by atoms with Crippen LogP contribution in [0.25, 0.3) is 11.1 Å². The SMILES string of the molecule is C=CC(=O)NC(/C=C(\C)Oc1nc(Nc2ccc(-c3cccc(CN)c3)cc2OC)ccc1N1CCCCC1)=C(\C)C=C. The van der Waals surface area contributed by atoms with Crippen LogP contribution in [0.15, 0.2) is 103 Å². The van der Waals surface area contributed by atoms with Gasteiger partial charge in [-0.25, -0.2) is 0 Å². The molecular formula is C35H41N5O3. The summed E-state index contributed by atoms with van der Waals surface area (Å²) in [7, 11) is 1.65. The number of nitrogens with one attached hydrogen (secondary N) is 2. The van der Waals surface area contributed by atoms with Crippen molar-refractivity contribution < 1.29 is 14.3 Å². The molecule has 0 bridgehead atoms. The number of aromatic nitrogens is 1. The number of amides is 1. The standard InChI is InChI=1S/C35H41N5O3/c1-6-24(3)30(38-34(41)7-2)20-25(4)43-35-31(40-18-9-8-10-19-40)16-17-33(39-35)37-29-15-14-28(22-32(29)42-5)27-13-11-12-26(21-27)23-36/h6-7,11-17,20-22H,1-2,8-10,18-19,23,36H2,3-5H3,(H,37,39)(H,38,41)/b25-20+,30-24+. The van der Waals surface area contributed by atoms with E-state index in [1.165, 1.54) is 12.5 Å². The van der Waals surface area contributed by atoms with Gasteiger partial charge in [-0.2, -0.15) is 4.98 Å². The molecular weight excluding hydrogens is 538 g/mol. The average Bonchev–Trinajstić information content (AvgIpc) is 3.04. The van der Waals surface area contributed by atoms with Crippen LogP contribution in [0.4, 0.5) is 17.2 Å². The van der Waals surface area contributed by atoms with E-state index in [1.807, 2.05) is 56.3 Å². The summed E-state index contributed by atoms with van der Waals surface area (Å²) in [6.45, 7) is 13.4. The summed E-state index contributed by atoms with van der Waals surface area (Å²) >= 11 is 0. The van der Waals surface area contributed by atoms with Crippen LogP contribution in [0.1, 0.15) is 38.7 Å². The van der Waals surface area contributed by atoms with Gasteiger partial charge in [0, 0.05) is 31.4 Å². The van der Waals surface area contributed by atoms with Crippen LogP contribution in [0.5, 0.6) is 11.6 Å². The minimum atomic E-state index is -0.314. The van der Waals surface area contributed by atoms with Gasteiger partial charge in [0.05, 0.1) is 12.8 Å². The fourth-order valence-electron chi connectivity index (χ4n) is 4.87. The number of hydrogen-bond acceptors (Lipinski definition) is 7. The molecule has 0 unspecified atom stereocenters. The van der Waals surface area contributed by atoms with E-state index < -0.39 is 0 Å². The Morgan fingerprint density at radius 1 is 1.02 bits per heavy atom. The smallest absolute Gasteiger partial charge is 0.247 e. The third-order valence-corrected chi connectivity index (χ3v) is 7.28. The molecule has 1 amide bonds. The molecule has 224 valence electrons. The first kappa shape index (κ1) is 31.1. The summed E-state index contributed by atoms with van der Waals surface area (Å²) in [5, 5.41) is 6.23. The van der Waals surface area contributed by atoms with Crippen LogP contribution in [-0.4, -0.2) is 31.1 Å². The van der Waals surface area contributed by atoms with E-state index in [1.54, 1.807) is 19.3 Å². The van der Waals surface area contributed by atoms with Crippen molar-refractivity contribution in [2.24, 2.45) is 5.73 Å². The Bertz CT molecular complexity index is 1540. The Labute approximate surface area is 254 Å². The van der Waals surface area contributed by atoms with E-state index >= 15 is 0 Å². The molecule has 0 saturated carbocycles. The number of nitrogens with zero attached hydrogens (tertiary/aromatic N) is 2. The van der Waals surface area contributed by atoms with Crippen molar-refractivity contribution in [2.45, 2.75) is 39.7 Å². The Morgan fingerprint density at radius 2 is 1.79 bits per heavy atom. The number of carbonyl (C=O) groups excluding carboxylic acids is 1. The highest BCUT2D eigenvalue weighted by atomic mass is 16.5. The average molecular weight is 580 g/mol. The van der Waals surface area contributed by atoms with Gasteiger partial charge in [-0.3, -0.25) is 4.79 Å². The van der Waals surface area contributed by atoms with Gasteiger partial charge in [-0.05, 0) is 91.8 Å². The van der Waals surface area contributed by atoms with Crippen molar-refractivity contribution in [3.63, 3.8) is 0 Å². The third-order valence-electron chi connectivity index (χ3n) is 7.28. The predicted molar refractivity (Wildman–Crippen MR) is 176 cm³/mol. The minimum absolute atomic E-state index is 0.314. The fraction of sp³-hybridized carbons (Fsp3) is 0.257. The lowest BCUT2D eigenvalue weighted by Gasteiger charge is -2.30. The Balaban J connectivity index is 1.66. The van der Waals surface area contributed by atoms with E-state index in [4.69, 9.17) is 20.2 Å². The van der Waals surface area contributed by atoms with Crippen LogP contribution in [0.2, 0.25) is 0 Å². The second-order valence-electron chi connectivity index (χ2n) is 10.4. The van der Waals surface area contributed by atoms with Gasteiger partial charge in [0.1, 0.15) is 23.0 Å². The van der Waals surface area contributed by atoms with Gasteiger partial charge in [0.15, 0.2) is 0 Å². The predicted octanol–water partition coefficient (Wildman–Crippen LogP) is 6.99. The fourth-order valence-corrected chi connectivity index (χ4v) is 4.87. The second kappa shape index (κ2) is 14.9. The number of anilines is 3. The molecule has 8 nitrogen and oxygen atoms in total. The van der Waals surface area contributed by atoms with Crippen molar-refractivity contribution in [1.82, 2.24) is 10.3 Å². The molecule has 4 N–H and O–H groups in total. The van der Waals surface area contributed by atoms with E-state index in [9.17, 15) is 4.79 Å². The van der Waals surface area contributed by atoms with E-state index in [0.29, 0.717) is 35.4 Å². The van der Waals surface area contributed by atoms with Crippen molar-refractivity contribution in [3.05, 3.63) is 109 Å². The second-order valence-corrected chi connectivity index (χ2v) is 10.4. The molecule has 1 saturated heterocycles. The third kappa shape index (κ3) is 8.14. The molecule has 43 heavy (non-hydrogen) atoms. The number of carbonyl (C=O) groups is 1. The van der Waals surface area contributed by atoms with Crippen LogP contribution in [-0.2, 0) is 11.3 Å². The molecule has 0 atom stereocenters. The van der Waals surface area contributed by atoms with Crippen molar-refractivity contribution in [3.8, 4) is 22.8 Å². The van der Waals surface area contributed by atoms with E-state index in [-0.39, 0.29) is 5.91 Å². The normalized spacial score (nSPS) is 14.0. The highest BCUT2D eigenvalue weighted by molar-refractivity contribution is 5.88. The zero-order valence-corrected chi connectivity index (χ0v) is 25.3. The maximum atomic E-state index is 12.0. The summed E-state index contributed by atoms with van der Waals surface area (Å²) in [5.41, 5.74) is 12.1. The first-order chi connectivity index (χ1) is 20.8. The van der Waals surface area contributed by atoms with Gasteiger partial charge in [0.25, 0.3) is 0 Å². The molecule has 4 rings (SSSR count). The lowest BCUT2D eigenvalue weighted by Crippen LogP contribution is -2.30. The largest absolute Gasteiger partial charge is 0.495 e. The summed E-state index contributed by atoms with van der Waals surface area (Å²) in [6.07, 6.45) is 8.11. The molecule has 1 aliphatic rings. The number of pyridine rings is 1. The van der Waals surface area contributed by atoms with E-state index in [0.717, 1.165) is 59.6 Å². The highest BCUT2D eigenvalue weighted by Crippen LogP contribution is 2.36. The lowest BCUT2D eigenvalue weighted by molar-refractivity contribution is -0.115. The quantitative estimate of drug-likeness (QED) is 0.121. The molecule has 8 heteroatoms. The number of nitrogens with two attached hydrogens (primary N) is 1. The zero-order valence-electron chi connectivity index (χ0n) is 25.3. The Kier molecular flexibility index (Phi) is 10.8. The van der Waals surface area contributed by atoms with Crippen molar-refractivity contribution in [1.29, 1.82) is 0 Å². The van der Waals surface area contributed by atoms with Crippen molar-refractivity contribution >= 4 is 23.1 Å². The minimum Gasteiger partial charge on any atom is -0.495 e. The number of piperidine rings is 1. The summed E-state index contributed by atoms with van der Waals surface area (Å²) in [5.74, 6) is 2.01. The molecule has 1 fully saturated rings. The lowest BCUT2D eigenvalue weighted by atomic mass is 10.0. The first-order valence-electron chi connectivity index (χ1n) is 14.5. The van der Waals surface area contributed by atoms with Gasteiger partial charge in [0.2, 0.25) is 11.8 Å². The molecule has 1 aromatic heterocycles. The maximum Gasteiger partial charge on any atom is 0.247 e. The zero-order chi connectivity index (χ0) is 30.8. The molecule has 3 aromatic rings. The highest BCUT2D eigenvalue weighted by Gasteiger charge is 2.19. The molecule has 2 aromatic carbocycles. The molecule has 0 aliphatic carbocycles. The Hall–Kier alpha value is -4.82. The number of hydrogen-bond donors (Lipinski definition) is 3. The summed E-state index contributed by atoms with van der Waals surface area (Å²) in [6, 6.07) is 18.2. The maximum absolute atomic E-state index is 12.0. The number of rotatable bonds is 12. The number of ether oxygens (including phenoxy) is 2. The van der Waals surface area contributed by atoms with Crippen LogP contribution >= 0.6 is 0 Å². The molecule has 0 spiro atoms. The van der Waals surface area contributed by atoms with Gasteiger partial charge < -0.3 is 30.7 Å². The monoisotopic (exact) mass is 579 g/mol.